The van der Waals surface area contributed by atoms with E-state index in [2.05, 4.69) is 0 Å². The van der Waals surface area contributed by atoms with E-state index in [0.29, 0.717) is 10.7 Å². The van der Waals surface area contributed by atoms with Crippen LogP contribution >= 0.6 is 11.6 Å². The quantitative estimate of drug-likeness (QED) is 0.601. The molecule has 0 aliphatic carbocycles. The topological polar surface area (TPSA) is 49.0 Å². The minimum atomic E-state index is -0.0658. The van der Waals surface area contributed by atoms with Crippen LogP contribution in [0, 0.1) is 5.41 Å². The molecule has 0 fully saturated rings. The summed E-state index contributed by atoms with van der Waals surface area (Å²) in [5, 5.41) is 17.6. The minimum absolute atomic E-state index is 0.0658. The third kappa shape index (κ3) is 1.64. The molecule has 5 heteroatoms. The van der Waals surface area contributed by atoms with Crippen LogP contribution in [-0.2, 0) is 0 Å². The van der Waals surface area contributed by atoms with Gasteiger partial charge in [0.1, 0.15) is 0 Å². The van der Waals surface area contributed by atoms with Crippen LogP contribution in [0.1, 0.15) is 0 Å². The summed E-state index contributed by atoms with van der Waals surface area (Å²) in [6.07, 6.45) is 0. The Hall–Kier alpha value is -0.961. The molecule has 0 unspecified atom stereocenters. The van der Waals surface area contributed by atoms with E-state index >= 15 is 0 Å². The van der Waals surface area contributed by atoms with Crippen molar-refractivity contribution in [2.45, 2.75) is 0 Å². The summed E-state index contributed by atoms with van der Waals surface area (Å²) < 4.78 is 1.17. The van der Waals surface area contributed by atoms with Crippen LogP contribution in [-0.4, -0.2) is 24.4 Å². The zero-order valence-electron chi connectivity index (χ0n) is 7.07. The maximum absolute atomic E-state index is 9.50. The fourth-order valence-electron chi connectivity index (χ4n) is 1.13. The second-order valence-corrected chi connectivity index (χ2v) is 4.98. The van der Waals surface area contributed by atoms with Gasteiger partial charge in [-0.15, -0.1) is 0 Å². The van der Waals surface area contributed by atoms with Crippen molar-refractivity contribution in [1.29, 1.82) is 5.41 Å². The van der Waals surface area contributed by atoms with Gasteiger partial charge < -0.3 is 0 Å². The van der Waals surface area contributed by atoms with E-state index in [4.69, 9.17) is 17.0 Å². The fourth-order valence-corrected chi connectivity index (χ4v) is 2.64. The normalized spacial score (nSPS) is 10.4. The van der Waals surface area contributed by atoms with Gasteiger partial charge in [-0.2, -0.15) is 0 Å². The standard InChI is InChI=1S/C9H7ClN2OSe/c10-7-3-1-6(2-4-7)8-5-14-9(11)12(8)13/h1-5,11,13H. The first kappa shape index (κ1) is 9.59. The first-order chi connectivity index (χ1) is 6.68. The van der Waals surface area contributed by atoms with Crippen LogP contribution in [0.4, 0.5) is 0 Å². The van der Waals surface area contributed by atoms with E-state index in [-0.39, 0.29) is 18.9 Å². The van der Waals surface area contributed by atoms with Crippen molar-refractivity contribution in [2.75, 3.05) is 0 Å². The van der Waals surface area contributed by atoms with Gasteiger partial charge in [0.25, 0.3) is 0 Å². The molecular formula is C9H7ClN2OSe. The Morgan fingerprint density at radius 3 is 2.43 bits per heavy atom. The van der Waals surface area contributed by atoms with Gasteiger partial charge in [0.15, 0.2) is 0 Å². The van der Waals surface area contributed by atoms with Crippen LogP contribution in [0.2, 0.25) is 5.02 Å². The first-order valence-corrected chi connectivity index (χ1v) is 6.11. The summed E-state index contributed by atoms with van der Waals surface area (Å²) in [4.78, 5) is 1.87. The SMILES string of the molecule is N=c1[se]cc(-c2ccc(Cl)cc2)n1O. The Balaban J connectivity index is 2.55. The molecule has 0 aliphatic rings. The maximum atomic E-state index is 9.50. The molecule has 72 valence electrons. The molecular weight excluding hydrogens is 267 g/mol. The summed E-state index contributed by atoms with van der Waals surface area (Å²) in [6.45, 7) is 0. The molecule has 0 spiro atoms. The molecule has 14 heavy (non-hydrogen) atoms. The van der Waals surface area contributed by atoms with Crippen molar-refractivity contribution in [2.24, 2.45) is 0 Å². The molecule has 0 aliphatic heterocycles. The molecule has 0 saturated carbocycles. The second-order valence-electron chi connectivity index (χ2n) is 2.74. The number of nitrogens with one attached hydrogen (secondary N) is 1. The zero-order chi connectivity index (χ0) is 10.1. The Kier molecular flexibility index (Phi) is 2.50. The van der Waals surface area contributed by atoms with Gasteiger partial charge in [0, 0.05) is 0 Å². The molecule has 2 aromatic rings. The monoisotopic (exact) mass is 274 g/mol. The average Bonchev–Trinajstić information content (AvgIpc) is 2.50. The first-order valence-electron chi connectivity index (χ1n) is 3.89. The van der Waals surface area contributed by atoms with Crippen LogP contribution in [0.5, 0.6) is 0 Å². The third-order valence-corrected chi connectivity index (χ3v) is 3.64. The molecule has 3 nitrogen and oxygen atoms in total. The Morgan fingerprint density at radius 2 is 1.93 bits per heavy atom. The second kappa shape index (κ2) is 3.65. The summed E-state index contributed by atoms with van der Waals surface area (Å²) in [5.74, 6) is 0. The van der Waals surface area contributed by atoms with E-state index in [1.807, 2.05) is 17.1 Å². The van der Waals surface area contributed by atoms with E-state index in [9.17, 15) is 5.21 Å². The number of aromatic nitrogens is 1. The number of halogens is 1. The number of hydrogen-bond donors (Lipinski definition) is 2. The Morgan fingerprint density at radius 1 is 1.29 bits per heavy atom. The molecule has 0 amide bonds. The molecule has 2 N–H and O–H groups in total. The summed E-state index contributed by atoms with van der Waals surface area (Å²) in [5.41, 5.74) is 1.55. The number of benzene rings is 1. The van der Waals surface area contributed by atoms with Crippen molar-refractivity contribution in [3.8, 4) is 11.3 Å². The van der Waals surface area contributed by atoms with E-state index in [1.165, 1.54) is 0 Å². The van der Waals surface area contributed by atoms with Crippen molar-refractivity contribution in [1.82, 2.24) is 4.73 Å². The zero-order valence-corrected chi connectivity index (χ0v) is 9.54. The Bertz CT molecular complexity index is 500. The molecule has 0 bridgehead atoms. The van der Waals surface area contributed by atoms with Crippen molar-refractivity contribution in [3.63, 3.8) is 0 Å². The van der Waals surface area contributed by atoms with Crippen molar-refractivity contribution in [3.05, 3.63) is 38.6 Å². The van der Waals surface area contributed by atoms with Crippen molar-refractivity contribution < 1.29 is 5.21 Å². The van der Waals surface area contributed by atoms with Gasteiger partial charge in [-0.1, -0.05) is 0 Å². The van der Waals surface area contributed by atoms with Crippen LogP contribution in [0.15, 0.2) is 29.2 Å². The van der Waals surface area contributed by atoms with Gasteiger partial charge in [-0.05, 0) is 0 Å². The fraction of sp³-hybridized carbons (Fsp3) is 0. The molecule has 1 aromatic heterocycles. The predicted molar refractivity (Wildman–Crippen MR) is 54.9 cm³/mol. The molecule has 1 heterocycles. The number of nitrogens with zero attached hydrogens (tertiary/aromatic N) is 1. The Labute approximate surface area is 91.4 Å². The predicted octanol–water partition coefficient (Wildman–Crippen LogP) is 1.58. The van der Waals surface area contributed by atoms with E-state index in [0.717, 1.165) is 10.3 Å². The van der Waals surface area contributed by atoms with Crippen LogP contribution < -0.4 is 4.36 Å². The number of rotatable bonds is 1. The van der Waals surface area contributed by atoms with Gasteiger partial charge in [0.2, 0.25) is 0 Å². The van der Waals surface area contributed by atoms with E-state index in [1.54, 1.807) is 12.1 Å². The molecule has 0 saturated heterocycles. The summed E-state index contributed by atoms with van der Waals surface area (Å²) in [7, 11) is 0. The van der Waals surface area contributed by atoms with Gasteiger partial charge in [0.05, 0.1) is 0 Å². The average molecular weight is 274 g/mol. The van der Waals surface area contributed by atoms with Crippen LogP contribution in [0.3, 0.4) is 0 Å². The summed E-state index contributed by atoms with van der Waals surface area (Å²) >= 11 is 5.68. The number of hydrogen-bond acceptors (Lipinski definition) is 2. The third-order valence-electron chi connectivity index (χ3n) is 1.84. The molecule has 0 atom stereocenters. The van der Waals surface area contributed by atoms with Crippen molar-refractivity contribution >= 4 is 26.1 Å². The summed E-state index contributed by atoms with van der Waals surface area (Å²) in [6, 6.07) is 7.18. The van der Waals surface area contributed by atoms with Crippen LogP contribution in [0.25, 0.3) is 11.3 Å². The molecule has 2 rings (SSSR count). The van der Waals surface area contributed by atoms with Gasteiger partial charge >= 0.3 is 91.3 Å². The van der Waals surface area contributed by atoms with Gasteiger partial charge in [-0.3, -0.25) is 0 Å². The van der Waals surface area contributed by atoms with Gasteiger partial charge in [-0.25, -0.2) is 0 Å². The van der Waals surface area contributed by atoms with E-state index < -0.39 is 0 Å². The molecule has 1 aromatic carbocycles. The molecule has 0 radical (unpaired) electrons.